The van der Waals surface area contributed by atoms with Gasteiger partial charge in [0.05, 0.1) is 10.4 Å². The van der Waals surface area contributed by atoms with E-state index in [0.717, 1.165) is 36.7 Å². The first-order chi connectivity index (χ1) is 9.21. The van der Waals surface area contributed by atoms with Crippen LogP contribution in [0.1, 0.15) is 19.8 Å². The van der Waals surface area contributed by atoms with E-state index >= 15 is 0 Å². The van der Waals surface area contributed by atoms with E-state index < -0.39 is 0 Å². The molecule has 1 amide bonds. The molecular weight excluding hydrogens is 294 g/mol. The van der Waals surface area contributed by atoms with Crippen LogP contribution in [-0.4, -0.2) is 36.3 Å². The quantitative estimate of drug-likeness (QED) is 0.645. The number of pyridine rings is 1. The van der Waals surface area contributed by atoms with Crippen molar-refractivity contribution in [3.8, 4) is 0 Å². The second kappa shape index (κ2) is 8.49. The number of nitrogens with zero attached hydrogens (tertiary/aromatic N) is 1. The first-order valence-corrected chi connectivity index (χ1v) is 7.72. The molecule has 1 saturated heterocycles. The van der Waals surface area contributed by atoms with E-state index in [-0.39, 0.29) is 23.7 Å². The summed E-state index contributed by atoms with van der Waals surface area (Å²) in [5, 5.41) is 7.33. The number of rotatable bonds is 5. The maximum atomic E-state index is 12.2. The smallest absolute Gasteiger partial charge is 0.227 e. The van der Waals surface area contributed by atoms with Gasteiger partial charge in [-0.15, -0.1) is 24.2 Å². The molecule has 112 valence electrons. The standard InChI is InChI=1S/C14H21N3OS.ClH/c1-14(6-4-7-15-11-14)13(18)17-9-10-19-12-5-2-3-8-16-12;/h2-3,5,8,15H,4,6-7,9-11H2,1H3,(H,17,18);1H. The third-order valence-corrected chi connectivity index (χ3v) is 4.37. The van der Waals surface area contributed by atoms with Crippen molar-refractivity contribution in [1.29, 1.82) is 0 Å². The first-order valence-electron chi connectivity index (χ1n) is 6.74. The number of carbonyl (C=O) groups excluding carboxylic acids is 1. The Morgan fingerprint density at radius 1 is 1.55 bits per heavy atom. The Hall–Kier alpha value is -0.780. The highest BCUT2D eigenvalue weighted by atomic mass is 35.5. The number of aromatic nitrogens is 1. The summed E-state index contributed by atoms with van der Waals surface area (Å²) in [6.45, 7) is 4.54. The first kappa shape index (κ1) is 17.3. The fourth-order valence-electron chi connectivity index (χ4n) is 2.22. The van der Waals surface area contributed by atoms with Gasteiger partial charge in [-0.3, -0.25) is 4.79 Å². The van der Waals surface area contributed by atoms with Crippen molar-refractivity contribution >= 4 is 30.1 Å². The third-order valence-electron chi connectivity index (χ3n) is 3.42. The molecule has 1 fully saturated rings. The van der Waals surface area contributed by atoms with Crippen LogP contribution in [0.3, 0.4) is 0 Å². The van der Waals surface area contributed by atoms with Crippen molar-refractivity contribution in [2.24, 2.45) is 5.41 Å². The fourth-order valence-corrected chi connectivity index (χ4v) is 2.94. The van der Waals surface area contributed by atoms with Crippen LogP contribution in [0.25, 0.3) is 0 Å². The van der Waals surface area contributed by atoms with Crippen LogP contribution in [0.15, 0.2) is 29.4 Å². The molecule has 0 saturated carbocycles. The molecule has 4 nitrogen and oxygen atoms in total. The number of hydrogen-bond donors (Lipinski definition) is 2. The molecule has 20 heavy (non-hydrogen) atoms. The molecule has 0 aliphatic carbocycles. The van der Waals surface area contributed by atoms with Crippen LogP contribution in [0.2, 0.25) is 0 Å². The fraction of sp³-hybridized carbons (Fsp3) is 0.571. The number of nitrogens with one attached hydrogen (secondary N) is 2. The van der Waals surface area contributed by atoms with Gasteiger partial charge in [-0.05, 0) is 38.4 Å². The van der Waals surface area contributed by atoms with Gasteiger partial charge in [0.25, 0.3) is 0 Å². The molecule has 2 rings (SSSR count). The van der Waals surface area contributed by atoms with E-state index in [2.05, 4.69) is 15.6 Å². The number of hydrogen-bond acceptors (Lipinski definition) is 4. The summed E-state index contributed by atoms with van der Waals surface area (Å²) in [7, 11) is 0. The largest absolute Gasteiger partial charge is 0.355 e. The zero-order chi connectivity index (χ0) is 13.6. The Balaban J connectivity index is 0.00000200. The van der Waals surface area contributed by atoms with Crippen molar-refractivity contribution < 1.29 is 4.79 Å². The summed E-state index contributed by atoms with van der Waals surface area (Å²) >= 11 is 1.67. The highest BCUT2D eigenvalue weighted by Crippen LogP contribution is 2.25. The van der Waals surface area contributed by atoms with E-state index in [9.17, 15) is 4.79 Å². The van der Waals surface area contributed by atoms with Gasteiger partial charge in [0.1, 0.15) is 0 Å². The molecule has 1 aliphatic heterocycles. The van der Waals surface area contributed by atoms with Crippen molar-refractivity contribution in [3.05, 3.63) is 24.4 Å². The van der Waals surface area contributed by atoms with Gasteiger partial charge < -0.3 is 10.6 Å². The monoisotopic (exact) mass is 315 g/mol. The minimum Gasteiger partial charge on any atom is -0.355 e. The Morgan fingerprint density at radius 3 is 3.05 bits per heavy atom. The van der Waals surface area contributed by atoms with Gasteiger partial charge in [-0.1, -0.05) is 6.07 Å². The van der Waals surface area contributed by atoms with Crippen LogP contribution in [-0.2, 0) is 4.79 Å². The van der Waals surface area contributed by atoms with Crippen molar-refractivity contribution in [3.63, 3.8) is 0 Å². The zero-order valence-corrected chi connectivity index (χ0v) is 13.4. The van der Waals surface area contributed by atoms with Gasteiger partial charge in [0.15, 0.2) is 0 Å². The number of carbonyl (C=O) groups is 1. The van der Waals surface area contributed by atoms with E-state index in [1.165, 1.54) is 0 Å². The summed E-state index contributed by atoms with van der Waals surface area (Å²) in [5.74, 6) is 1.02. The van der Waals surface area contributed by atoms with E-state index in [4.69, 9.17) is 0 Å². The predicted octanol–water partition coefficient (Wildman–Crippen LogP) is 2.10. The lowest BCUT2D eigenvalue weighted by molar-refractivity contribution is -0.130. The molecule has 1 aromatic heterocycles. The second-order valence-electron chi connectivity index (χ2n) is 5.11. The van der Waals surface area contributed by atoms with Gasteiger partial charge in [0.2, 0.25) is 5.91 Å². The van der Waals surface area contributed by atoms with Crippen LogP contribution >= 0.6 is 24.2 Å². The SMILES string of the molecule is CC1(C(=O)NCCSc2ccccn2)CCCNC1.Cl. The molecule has 1 unspecified atom stereocenters. The summed E-state index contributed by atoms with van der Waals surface area (Å²) in [6, 6.07) is 5.87. The van der Waals surface area contributed by atoms with Crippen LogP contribution in [0.5, 0.6) is 0 Å². The van der Waals surface area contributed by atoms with Crippen LogP contribution < -0.4 is 10.6 Å². The summed E-state index contributed by atoms with van der Waals surface area (Å²) in [5.41, 5.74) is -0.242. The average Bonchev–Trinajstić information content (AvgIpc) is 2.45. The van der Waals surface area contributed by atoms with Gasteiger partial charge >= 0.3 is 0 Å². The number of piperidine rings is 1. The van der Waals surface area contributed by atoms with Gasteiger partial charge in [-0.25, -0.2) is 4.98 Å². The highest BCUT2D eigenvalue weighted by Gasteiger charge is 2.34. The van der Waals surface area contributed by atoms with Gasteiger partial charge in [0, 0.05) is 25.0 Å². The maximum Gasteiger partial charge on any atom is 0.227 e. The number of thioether (sulfide) groups is 1. The Kier molecular flexibility index (Phi) is 7.34. The normalized spacial score (nSPS) is 21.9. The van der Waals surface area contributed by atoms with E-state index in [1.54, 1.807) is 18.0 Å². The summed E-state index contributed by atoms with van der Waals surface area (Å²) < 4.78 is 0. The maximum absolute atomic E-state index is 12.2. The number of halogens is 1. The van der Waals surface area contributed by atoms with Gasteiger partial charge in [-0.2, -0.15) is 0 Å². The molecule has 1 atom stereocenters. The Labute approximate surface area is 130 Å². The van der Waals surface area contributed by atoms with Crippen molar-refractivity contribution in [1.82, 2.24) is 15.6 Å². The van der Waals surface area contributed by atoms with Crippen LogP contribution in [0, 0.1) is 5.41 Å². The molecule has 2 heterocycles. The average molecular weight is 316 g/mol. The zero-order valence-electron chi connectivity index (χ0n) is 11.7. The lowest BCUT2D eigenvalue weighted by Gasteiger charge is -2.32. The Morgan fingerprint density at radius 2 is 2.40 bits per heavy atom. The summed E-state index contributed by atoms with van der Waals surface area (Å²) in [6.07, 6.45) is 3.83. The third kappa shape index (κ3) is 4.96. The van der Waals surface area contributed by atoms with Crippen LogP contribution in [0.4, 0.5) is 0 Å². The predicted molar refractivity (Wildman–Crippen MR) is 85.4 cm³/mol. The summed E-state index contributed by atoms with van der Waals surface area (Å²) in [4.78, 5) is 16.4. The topological polar surface area (TPSA) is 54.0 Å². The molecule has 2 N–H and O–H groups in total. The minimum atomic E-state index is -0.242. The molecule has 0 bridgehead atoms. The minimum absolute atomic E-state index is 0. The van der Waals surface area contributed by atoms with Crippen molar-refractivity contribution in [2.45, 2.75) is 24.8 Å². The molecular formula is C14H22ClN3OS. The van der Waals surface area contributed by atoms with Crippen molar-refractivity contribution in [2.75, 3.05) is 25.4 Å². The van der Waals surface area contributed by atoms with E-state index in [0.29, 0.717) is 6.54 Å². The molecule has 0 spiro atoms. The lowest BCUT2D eigenvalue weighted by atomic mass is 9.82. The molecule has 1 aromatic rings. The Bertz CT molecular complexity index is 410. The lowest BCUT2D eigenvalue weighted by Crippen LogP contribution is -2.49. The number of amides is 1. The molecule has 0 aromatic carbocycles. The second-order valence-corrected chi connectivity index (χ2v) is 6.23. The molecule has 6 heteroatoms. The molecule has 1 aliphatic rings. The molecule has 0 radical (unpaired) electrons. The van der Waals surface area contributed by atoms with E-state index in [1.807, 2.05) is 25.1 Å². The highest BCUT2D eigenvalue weighted by molar-refractivity contribution is 7.99.